The van der Waals surface area contributed by atoms with Gasteiger partial charge in [0.2, 0.25) is 5.88 Å². The van der Waals surface area contributed by atoms with E-state index in [0.717, 1.165) is 14.5 Å². The standard InChI is InChI=1S/C12H9Br2ClN2O/c13-8-1-2-11(7(3-8)5-16)18-12-10(15)4-9(14)6-17-12/h1-4,6H,5,16H2. The van der Waals surface area contributed by atoms with Gasteiger partial charge in [0, 0.05) is 27.3 Å². The molecule has 1 aromatic heterocycles. The number of pyridine rings is 1. The molecule has 0 fully saturated rings. The van der Waals surface area contributed by atoms with E-state index in [2.05, 4.69) is 36.8 Å². The Labute approximate surface area is 127 Å². The summed E-state index contributed by atoms with van der Waals surface area (Å²) in [5.74, 6) is 1.01. The van der Waals surface area contributed by atoms with Gasteiger partial charge < -0.3 is 10.5 Å². The molecule has 2 N–H and O–H groups in total. The van der Waals surface area contributed by atoms with Crippen molar-refractivity contribution in [1.82, 2.24) is 4.98 Å². The van der Waals surface area contributed by atoms with E-state index < -0.39 is 0 Å². The molecular formula is C12H9Br2ClN2O. The number of halogens is 3. The molecule has 0 unspecified atom stereocenters. The summed E-state index contributed by atoms with van der Waals surface area (Å²) in [6, 6.07) is 7.33. The lowest BCUT2D eigenvalue weighted by molar-refractivity contribution is 0.457. The van der Waals surface area contributed by atoms with Gasteiger partial charge in [-0.2, -0.15) is 0 Å². The molecule has 2 rings (SSSR count). The predicted molar refractivity (Wildman–Crippen MR) is 79.1 cm³/mol. The first kappa shape index (κ1) is 13.8. The maximum absolute atomic E-state index is 6.05. The van der Waals surface area contributed by atoms with Crippen LogP contribution in [0.3, 0.4) is 0 Å². The van der Waals surface area contributed by atoms with Gasteiger partial charge in [0.25, 0.3) is 0 Å². The van der Waals surface area contributed by atoms with Crippen LogP contribution in [0.2, 0.25) is 5.02 Å². The number of nitrogens with two attached hydrogens (primary N) is 1. The molecule has 0 saturated carbocycles. The van der Waals surface area contributed by atoms with Gasteiger partial charge in [-0.3, -0.25) is 0 Å². The Hall–Kier alpha value is -0.620. The molecule has 0 saturated heterocycles. The van der Waals surface area contributed by atoms with Crippen LogP contribution < -0.4 is 10.5 Å². The SMILES string of the molecule is NCc1cc(Br)ccc1Oc1ncc(Br)cc1Cl. The monoisotopic (exact) mass is 390 g/mol. The Morgan fingerprint density at radius 1 is 1.22 bits per heavy atom. The molecule has 0 bridgehead atoms. The van der Waals surface area contributed by atoms with Crippen LogP contribution in [0.1, 0.15) is 5.56 Å². The predicted octanol–water partition coefficient (Wildman–Crippen LogP) is 4.51. The Kier molecular flexibility index (Phi) is 4.61. The lowest BCUT2D eigenvalue weighted by Gasteiger charge is -2.10. The highest BCUT2D eigenvalue weighted by Gasteiger charge is 2.09. The van der Waals surface area contributed by atoms with E-state index in [4.69, 9.17) is 22.1 Å². The van der Waals surface area contributed by atoms with E-state index in [1.54, 1.807) is 12.3 Å². The Morgan fingerprint density at radius 2 is 2.00 bits per heavy atom. The van der Waals surface area contributed by atoms with Crippen molar-refractivity contribution in [1.29, 1.82) is 0 Å². The summed E-state index contributed by atoms with van der Waals surface area (Å²) in [4.78, 5) is 4.12. The van der Waals surface area contributed by atoms with Crippen LogP contribution in [0.25, 0.3) is 0 Å². The second-order valence-electron chi connectivity index (χ2n) is 3.50. The van der Waals surface area contributed by atoms with Gasteiger partial charge in [-0.25, -0.2) is 4.98 Å². The highest BCUT2D eigenvalue weighted by molar-refractivity contribution is 9.10. The van der Waals surface area contributed by atoms with Crippen LogP contribution in [0, 0.1) is 0 Å². The van der Waals surface area contributed by atoms with E-state index in [1.807, 2.05) is 18.2 Å². The number of rotatable bonds is 3. The normalized spacial score (nSPS) is 10.4. The summed E-state index contributed by atoms with van der Waals surface area (Å²) in [6.07, 6.45) is 1.63. The van der Waals surface area contributed by atoms with Crippen LogP contribution in [0.5, 0.6) is 11.6 Å². The Morgan fingerprint density at radius 3 is 2.67 bits per heavy atom. The van der Waals surface area contributed by atoms with Crippen LogP contribution in [-0.4, -0.2) is 4.98 Å². The first-order valence-electron chi connectivity index (χ1n) is 5.07. The largest absolute Gasteiger partial charge is 0.437 e. The molecule has 0 radical (unpaired) electrons. The van der Waals surface area contributed by atoms with Gasteiger partial charge in [0.15, 0.2) is 0 Å². The third-order valence-electron chi connectivity index (χ3n) is 2.22. The average molecular weight is 392 g/mol. The number of hydrogen-bond donors (Lipinski definition) is 1. The molecule has 0 aliphatic carbocycles. The van der Waals surface area contributed by atoms with Crippen molar-refractivity contribution in [3.8, 4) is 11.6 Å². The molecule has 0 aliphatic heterocycles. The lowest BCUT2D eigenvalue weighted by atomic mass is 10.2. The van der Waals surface area contributed by atoms with Gasteiger partial charge >= 0.3 is 0 Å². The molecule has 0 amide bonds. The zero-order valence-electron chi connectivity index (χ0n) is 9.16. The highest BCUT2D eigenvalue weighted by Crippen LogP contribution is 2.32. The van der Waals surface area contributed by atoms with Crippen LogP contribution in [-0.2, 0) is 6.54 Å². The summed E-state index contributed by atoms with van der Waals surface area (Å²) in [6.45, 7) is 0.378. The molecule has 0 aliphatic rings. The van der Waals surface area contributed by atoms with E-state index in [1.165, 1.54) is 0 Å². The maximum atomic E-state index is 6.05. The fourth-order valence-electron chi connectivity index (χ4n) is 1.39. The first-order valence-corrected chi connectivity index (χ1v) is 7.04. The van der Waals surface area contributed by atoms with Crippen molar-refractivity contribution in [3.05, 3.63) is 50.0 Å². The van der Waals surface area contributed by atoms with Crippen LogP contribution in [0.15, 0.2) is 39.4 Å². The molecule has 0 spiro atoms. The molecule has 94 valence electrons. The third-order valence-corrected chi connectivity index (χ3v) is 3.42. The molecule has 18 heavy (non-hydrogen) atoms. The lowest BCUT2D eigenvalue weighted by Crippen LogP contribution is -2.00. The maximum Gasteiger partial charge on any atom is 0.238 e. The summed E-state index contributed by atoms with van der Waals surface area (Å²) in [7, 11) is 0. The molecule has 2 aromatic rings. The van der Waals surface area contributed by atoms with Crippen molar-refractivity contribution in [3.63, 3.8) is 0 Å². The fraction of sp³-hybridized carbons (Fsp3) is 0.0833. The van der Waals surface area contributed by atoms with Crippen molar-refractivity contribution < 1.29 is 4.74 Å². The minimum absolute atomic E-state index is 0.358. The van der Waals surface area contributed by atoms with E-state index in [0.29, 0.717) is 23.2 Å². The number of hydrogen-bond acceptors (Lipinski definition) is 3. The molecular weight excluding hydrogens is 383 g/mol. The zero-order valence-corrected chi connectivity index (χ0v) is 13.1. The van der Waals surface area contributed by atoms with Gasteiger partial charge in [0.05, 0.1) is 0 Å². The number of benzene rings is 1. The number of aromatic nitrogens is 1. The summed E-state index contributed by atoms with van der Waals surface area (Å²) in [5, 5.41) is 0.440. The number of nitrogens with zero attached hydrogens (tertiary/aromatic N) is 1. The van der Waals surface area contributed by atoms with Crippen molar-refractivity contribution >= 4 is 43.5 Å². The van der Waals surface area contributed by atoms with Gasteiger partial charge in [0.1, 0.15) is 10.8 Å². The highest BCUT2D eigenvalue weighted by atomic mass is 79.9. The van der Waals surface area contributed by atoms with E-state index in [-0.39, 0.29) is 0 Å². The quantitative estimate of drug-likeness (QED) is 0.836. The van der Waals surface area contributed by atoms with Crippen molar-refractivity contribution in [2.45, 2.75) is 6.54 Å². The van der Waals surface area contributed by atoms with Crippen molar-refractivity contribution in [2.24, 2.45) is 5.73 Å². The smallest absolute Gasteiger partial charge is 0.238 e. The summed E-state index contributed by atoms with van der Waals surface area (Å²) in [5.41, 5.74) is 6.55. The zero-order chi connectivity index (χ0) is 13.1. The number of ether oxygens (including phenoxy) is 1. The molecule has 3 nitrogen and oxygen atoms in total. The minimum atomic E-state index is 0.358. The van der Waals surface area contributed by atoms with Gasteiger partial charge in [-0.1, -0.05) is 27.5 Å². The van der Waals surface area contributed by atoms with E-state index in [9.17, 15) is 0 Å². The minimum Gasteiger partial charge on any atom is -0.437 e. The molecule has 6 heteroatoms. The van der Waals surface area contributed by atoms with Crippen LogP contribution in [0.4, 0.5) is 0 Å². The third kappa shape index (κ3) is 3.23. The van der Waals surface area contributed by atoms with Gasteiger partial charge in [-0.05, 0) is 40.2 Å². The Balaban J connectivity index is 2.33. The fourth-order valence-corrected chi connectivity index (χ4v) is 2.46. The summed E-state index contributed by atoms with van der Waals surface area (Å²) < 4.78 is 7.43. The first-order chi connectivity index (χ1) is 8.60. The van der Waals surface area contributed by atoms with Crippen molar-refractivity contribution in [2.75, 3.05) is 0 Å². The molecule has 1 aromatic carbocycles. The second kappa shape index (κ2) is 6.02. The summed E-state index contributed by atoms with van der Waals surface area (Å²) >= 11 is 12.7. The average Bonchev–Trinajstić information content (AvgIpc) is 2.34. The topological polar surface area (TPSA) is 48.1 Å². The Bertz CT molecular complexity index is 578. The molecule has 0 atom stereocenters. The van der Waals surface area contributed by atoms with Crippen LogP contribution >= 0.6 is 43.5 Å². The van der Waals surface area contributed by atoms with E-state index >= 15 is 0 Å². The second-order valence-corrected chi connectivity index (χ2v) is 5.74. The van der Waals surface area contributed by atoms with Gasteiger partial charge in [-0.15, -0.1) is 0 Å². The molecule has 1 heterocycles.